The largest absolute Gasteiger partial charge is 0.455 e. The van der Waals surface area contributed by atoms with Crippen LogP contribution in [0.3, 0.4) is 0 Å². The minimum atomic E-state index is -0.916. The lowest BCUT2D eigenvalue weighted by Gasteiger charge is -2.38. The van der Waals surface area contributed by atoms with Crippen LogP contribution in [0, 0.1) is 17.8 Å². The van der Waals surface area contributed by atoms with Gasteiger partial charge in [-0.25, -0.2) is 4.98 Å². The molecule has 2 aliphatic heterocycles. The van der Waals surface area contributed by atoms with E-state index in [1.165, 1.54) is 23.6 Å². The lowest BCUT2D eigenvalue weighted by Crippen LogP contribution is -2.58. The lowest BCUT2D eigenvalue weighted by atomic mass is 9.92. The van der Waals surface area contributed by atoms with Crippen molar-refractivity contribution in [2.45, 2.75) is 179 Å². The van der Waals surface area contributed by atoms with Gasteiger partial charge in [-0.3, -0.25) is 53.0 Å². The van der Waals surface area contributed by atoms with E-state index in [1.54, 1.807) is 48.5 Å². The molecule has 3 aliphatic rings. The molecule has 1 aliphatic carbocycles. The van der Waals surface area contributed by atoms with Crippen molar-refractivity contribution in [1.29, 1.82) is 0 Å². The van der Waals surface area contributed by atoms with Crippen LogP contribution >= 0.6 is 23.1 Å². The maximum Gasteiger partial charge on any atom is 0.303 e. The van der Waals surface area contributed by atoms with E-state index >= 15 is 0 Å². The van der Waals surface area contributed by atoms with Crippen molar-refractivity contribution in [3.63, 3.8) is 0 Å². The minimum absolute atomic E-state index is 0.0651. The summed E-state index contributed by atoms with van der Waals surface area (Å²) < 4.78 is 5.86. The summed E-state index contributed by atoms with van der Waals surface area (Å²) in [5.74, 6) is -4.07. The number of primary amides is 1. The van der Waals surface area contributed by atoms with Crippen molar-refractivity contribution in [1.82, 2.24) is 35.6 Å². The second-order valence-corrected chi connectivity index (χ2v) is 25.7. The summed E-state index contributed by atoms with van der Waals surface area (Å²) in [5.41, 5.74) is 12.8. The number of thioether (sulfide) groups is 1. The molecule has 0 bridgehead atoms. The summed E-state index contributed by atoms with van der Waals surface area (Å²) in [7, 11) is 3.63. The topological polar surface area (TPSA) is 286 Å². The Kier molecular flexibility index (Phi) is 30.2. The Balaban J connectivity index is 1.17. The number of nitrogens with zero attached hydrogens (tertiary/aromatic N) is 4. The summed E-state index contributed by atoms with van der Waals surface area (Å²) in [6, 6.07) is 4.04. The second-order valence-electron chi connectivity index (χ2n) is 23.5. The highest BCUT2D eigenvalue weighted by Gasteiger charge is 2.40. The van der Waals surface area contributed by atoms with Crippen LogP contribution in [0.4, 0.5) is 5.69 Å². The van der Waals surface area contributed by atoms with Crippen molar-refractivity contribution in [3.05, 3.63) is 118 Å². The number of esters is 1. The van der Waals surface area contributed by atoms with Gasteiger partial charge in [-0.2, -0.15) is 0 Å². The number of benzene rings is 1. The normalized spacial score (nSPS) is 21.1. The van der Waals surface area contributed by atoms with Crippen LogP contribution in [-0.4, -0.2) is 142 Å². The molecule has 9 atom stereocenters. The monoisotopic (exact) mass is 1250 g/mol. The van der Waals surface area contributed by atoms with Gasteiger partial charge >= 0.3 is 5.97 Å². The number of unbranched alkanes of at least 4 members (excludes halogenated alkanes) is 3. The molecule has 88 heavy (non-hydrogen) atoms. The number of amides is 8. The number of nitrogens with one attached hydrogen (secondary N) is 4. The molecule has 0 saturated carbocycles. The molecule has 2 unspecified atom stereocenters. The molecule has 8 amide bonds. The van der Waals surface area contributed by atoms with Crippen molar-refractivity contribution in [3.8, 4) is 0 Å². The van der Waals surface area contributed by atoms with Gasteiger partial charge in [-0.05, 0) is 120 Å². The average molecular weight is 1250 g/mol. The standard InChI is InChI=1S/C66H94N10O10S2/c1-9-44(4)59(73-63(83)53-29-22-25-36-74(53)7)66(85)75(8)54(43(2)3)40-55(86-46(6)77)64-72-52(42-87-64)62(82)70-49(38-45(5)60(68)80)39-47-31-33-48(34-32-47)69-61(81)51(28-21-23-35-67)71-57(78)30-20-17-24-37-76-58(79)41-56(65(76)84)88-50-26-18-15-13-11-10-12-14-16-19-27-50/h10-16,18-19,26-27,31-34,42-45,49,51,53-56,59H,9,17,20-25,28-30,35-41,67H2,1-8H3,(H2,68,80)(H,69,81)(H,70,82)(H,71,78)(H,73,83)/b11-10-,12-10?,13-11?,14-12-,15-13-,16-14?,18-15?,19-16-,26-18-,27-19?,50-26?,50-27+/t44-,45?,49+,51-,53+,54+,55+,56?,59-/m0/s1. The Hall–Kier alpha value is -7.01. The maximum atomic E-state index is 14.4. The van der Waals surface area contributed by atoms with Gasteiger partial charge in [0.05, 0.1) is 11.3 Å². The van der Waals surface area contributed by atoms with Gasteiger partial charge in [0.25, 0.3) is 5.91 Å². The first kappa shape index (κ1) is 71.7. The number of ether oxygens (including phenoxy) is 1. The van der Waals surface area contributed by atoms with E-state index in [-0.39, 0.29) is 91.8 Å². The molecule has 1 aromatic heterocycles. The van der Waals surface area contributed by atoms with Gasteiger partial charge in [0.1, 0.15) is 22.8 Å². The van der Waals surface area contributed by atoms with E-state index in [0.717, 1.165) is 47.6 Å². The SMILES string of the molecule is CC[C@H](C)[C@H](NC(=O)[C@H]1CCCCN1C)C(=O)N(C)[C@H](C[C@@H](OC(C)=O)c1nc(C(=O)N[C@@H](Cc2ccc(NC(=O)[C@H](CCCCN)NC(=O)CCCCCN3C(=O)CC(SC4=C/C=C\C=C/C=C\C=C/C=C\4)C3=O)cc2)CC(C)C(N)=O)cs1)C(C)C. The zero-order valence-corrected chi connectivity index (χ0v) is 54.2. The van der Waals surface area contributed by atoms with Crippen molar-refractivity contribution in [2.75, 3.05) is 39.0 Å². The Bertz CT molecular complexity index is 2880. The maximum absolute atomic E-state index is 14.4. The van der Waals surface area contributed by atoms with E-state index in [9.17, 15) is 43.2 Å². The van der Waals surface area contributed by atoms with Crippen LogP contribution in [-0.2, 0) is 49.5 Å². The zero-order chi connectivity index (χ0) is 64.3. The van der Waals surface area contributed by atoms with Crippen LogP contribution in [0.1, 0.15) is 159 Å². The van der Waals surface area contributed by atoms with E-state index in [2.05, 4.69) is 26.3 Å². The molecule has 2 aromatic rings. The number of likely N-dealkylation sites (N-methyl/N-ethyl adjacent to an activating group) is 2. The van der Waals surface area contributed by atoms with E-state index in [4.69, 9.17) is 16.2 Å². The molecule has 22 heteroatoms. The number of anilines is 1. The number of hydrogen-bond acceptors (Lipinski definition) is 15. The third kappa shape index (κ3) is 23.2. The highest BCUT2D eigenvalue weighted by atomic mass is 32.2. The van der Waals surface area contributed by atoms with Gasteiger partial charge in [0, 0.05) is 73.8 Å². The summed E-state index contributed by atoms with van der Waals surface area (Å²) in [6.45, 7) is 12.3. The third-order valence-electron chi connectivity index (χ3n) is 16.2. The fraction of sp³-hybridized carbons (Fsp3) is 0.545. The number of nitrogens with two attached hydrogens (primary N) is 2. The first-order valence-electron chi connectivity index (χ1n) is 31.1. The molecule has 8 N–H and O–H groups in total. The first-order chi connectivity index (χ1) is 42.1. The molecule has 0 radical (unpaired) electrons. The third-order valence-corrected chi connectivity index (χ3v) is 18.3. The Labute approximate surface area is 528 Å². The second kappa shape index (κ2) is 37.1. The molecule has 20 nitrogen and oxygen atoms in total. The predicted molar refractivity (Wildman–Crippen MR) is 347 cm³/mol. The Morgan fingerprint density at radius 3 is 2.20 bits per heavy atom. The molecule has 0 spiro atoms. The first-order valence-corrected chi connectivity index (χ1v) is 32.8. The quantitative estimate of drug-likeness (QED) is 0.0224. The number of rotatable bonds is 33. The van der Waals surface area contributed by atoms with Crippen LogP contribution in [0.2, 0.25) is 0 Å². The van der Waals surface area contributed by atoms with Crippen LogP contribution in [0.15, 0.2) is 101 Å². The van der Waals surface area contributed by atoms with Gasteiger partial charge in [0.15, 0.2) is 6.10 Å². The van der Waals surface area contributed by atoms with E-state index in [1.807, 2.05) is 106 Å². The van der Waals surface area contributed by atoms with Crippen LogP contribution in [0.25, 0.3) is 0 Å². The van der Waals surface area contributed by atoms with E-state index in [0.29, 0.717) is 62.2 Å². The number of aromatic nitrogens is 1. The summed E-state index contributed by atoms with van der Waals surface area (Å²) in [4.78, 5) is 131. The van der Waals surface area contributed by atoms with Gasteiger partial charge in [-0.15, -0.1) is 23.1 Å². The average Bonchev–Trinajstić information content (AvgIpc) is 4.19. The van der Waals surface area contributed by atoms with Crippen LogP contribution in [0.5, 0.6) is 0 Å². The molecular formula is C66H94N10O10S2. The van der Waals surface area contributed by atoms with Gasteiger partial charge in [0.2, 0.25) is 41.4 Å². The van der Waals surface area contributed by atoms with Crippen molar-refractivity contribution < 1.29 is 47.9 Å². The molecule has 480 valence electrons. The minimum Gasteiger partial charge on any atom is -0.455 e. The summed E-state index contributed by atoms with van der Waals surface area (Å²) in [6.07, 6.45) is 27.5. The lowest BCUT2D eigenvalue weighted by molar-refractivity contribution is -0.149. The zero-order valence-electron chi connectivity index (χ0n) is 52.6. The number of allylic oxidation sites excluding steroid dienone is 11. The van der Waals surface area contributed by atoms with Crippen molar-refractivity contribution >= 4 is 82.0 Å². The van der Waals surface area contributed by atoms with Gasteiger partial charge in [-0.1, -0.05) is 121 Å². The Morgan fingerprint density at radius 1 is 0.864 bits per heavy atom. The smallest absolute Gasteiger partial charge is 0.303 e. The number of thiazole rings is 1. The number of carbonyl (C=O) groups is 9. The van der Waals surface area contributed by atoms with E-state index < -0.39 is 65.1 Å². The molecule has 2 fully saturated rings. The number of likely N-dealkylation sites (tertiary alicyclic amines) is 2. The van der Waals surface area contributed by atoms with Crippen LogP contribution < -0.4 is 32.7 Å². The highest BCUT2D eigenvalue weighted by Crippen LogP contribution is 2.34. The molecule has 2 saturated heterocycles. The molecule has 3 heterocycles. The number of imide groups is 1. The number of hydrogen-bond donors (Lipinski definition) is 6. The molecular weight excluding hydrogens is 1160 g/mol. The molecule has 1 aromatic carbocycles. The number of carbonyl (C=O) groups excluding carboxylic acids is 9. The number of piperidine rings is 1. The predicted octanol–water partition coefficient (Wildman–Crippen LogP) is 8.14. The fourth-order valence-corrected chi connectivity index (χ4v) is 12.7. The van der Waals surface area contributed by atoms with Gasteiger partial charge < -0.3 is 42.4 Å². The highest BCUT2D eigenvalue weighted by molar-refractivity contribution is 8.04. The fourth-order valence-electron chi connectivity index (χ4n) is 10.8. The Morgan fingerprint density at radius 2 is 1.56 bits per heavy atom. The molecule has 5 rings (SSSR count). The van der Waals surface area contributed by atoms with Crippen molar-refractivity contribution in [2.24, 2.45) is 29.2 Å². The summed E-state index contributed by atoms with van der Waals surface area (Å²) >= 11 is 2.51. The summed E-state index contributed by atoms with van der Waals surface area (Å²) in [5, 5.41) is 13.3.